The Morgan fingerprint density at radius 3 is 3.11 bits per heavy atom. The van der Waals surface area contributed by atoms with Crippen LogP contribution in [0.5, 0.6) is 0 Å². The topological polar surface area (TPSA) is 62.8 Å². The number of H-pyrrole nitrogens is 1. The smallest absolute Gasteiger partial charge is 0.130 e. The highest BCUT2D eigenvalue weighted by Crippen LogP contribution is 2.17. The number of aromatic nitrogens is 3. The monoisotopic (exact) mass is 258 g/mol. The molecule has 1 aliphatic rings. The molecule has 0 spiro atoms. The standard InChI is InChI=1S/C14H18N4O/c1-10-6-13(11-2-3-15-8-11)18-14(17-10)7-12-9-19-5-4-16-12/h2-3,6,8,12,15-16H,4-5,7,9H2,1H3. The molecule has 1 atom stereocenters. The second-order valence-electron chi connectivity index (χ2n) is 4.84. The van der Waals surface area contributed by atoms with Crippen LogP contribution in [0, 0.1) is 6.92 Å². The SMILES string of the molecule is Cc1cc(-c2cc[nH]c2)nc(CC2COCCN2)n1. The van der Waals surface area contributed by atoms with E-state index in [4.69, 9.17) is 4.74 Å². The van der Waals surface area contributed by atoms with Crippen LogP contribution in [0.2, 0.25) is 0 Å². The number of aryl methyl sites for hydroxylation is 1. The Hall–Kier alpha value is -1.72. The Labute approximate surface area is 112 Å². The normalized spacial score (nSPS) is 19.5. The lowest BCUT2D eigenvalue weighted by atomic mass is 10.1. The molecule has 0 radical (unpaired) electrons. The number of nitrogens with zero attached hydrogens (tertiary/aromatic N) is 2. The number of aromatic amines is 1. The zero-order valence-corrected chi connectivity index (χ0v) is 11.0. The van der Waals surface area contributed by atoms with Crippen molar-refractivity contribution in [2.75, 3.05) is 19.8 Å². The maximum Gasteiger partial charge on any atom is 0.130 e. The van der Waals surface area contributed by atoms with Crippen LogP contribution < -0.4 is 5.32 Å². The molecule has 19 heavy (non-hydrogen) atoms. The van der Waals surface area contributed by atoms with Crippen LogP contribution in [0.25, 0.3) is 11.3 Å². The average Bonchev–Trinajstić information content (AvgIpc) is 2.93. The van der Waals surface area contributed by atoms with Gasteiger partial charge in [-0.05, 0) is 19.1 Å². The molecule has 0 aliphatic carbocycles. The molecule has 1 fully saturated rings. The highest BCUT2D eigenvalue weighted by molar-refractivity contribution is 5.58. The first kappa shape index (κ1) is 12.3. The lowest BCUT2D eigenvalue weighted by Gasteiger charge is -2.23. The highest BCUT2D eigenvalue weighted by Gasteiger charge is 2.15. The van der Waals surface area contributed by atoms with E-state index in [0.717, 1.165) is 49.0 Å². The predicted molar refractivity (Wildman–Crippen MR) is 72.9 cm³/mol. The van der Waals surface area contributed by atoms with Gasteiger partial charge in [0.25, 0.3) is 0 Å². The van der Waals surface area contributed by atoms with Gasteiger partial charge in [-0.15, -0.1) is 0 Å². The van der Waals surface area contributed by atoms with Gasteiger partial charge in [0.05, 0.1) is 18.9 Å². The molecule has 3 rings (SSSR count). The summed E-state index contributed by atoms with van der Waals surface area (Å²) in [6.07, 6.45) is 4.66. The number of hydrogen-bond donors (Lipinski definition) is 2. The molecular formula is C14H18N4O. The second kappa shape index (κ2) is 5.50. The molecule has 0 bridgehead atoms. The minimum atomic E-state index is 0.314. The fraction of sp³-hybridized carbons (Fsp3) is 0.429. The number of hydrogen-bond acceptors (Lipinski definition) is 4. The van der Waals surface area contributed by atoms with E-state index in [0.29, 0.717) is 6.04 Å². The molecule has 0 aromatic carbocycles. The van der Waals surface area contributed by atoms with Crippen LogP contribution in [-0.2, 0) is 11.2 Å². The van der Waals surface area contributed by atoms with Gasteiger partial charge < -0.3 is 15.0 Å². The van der Waals surface area contributed by atoms with E-state index < -0.39 is 0 Å². The lowest BCUT2D eigenvalue weighted by Crippen LogP contribution is -2.42. The molecule has 3 heterocycles. The van der Waals surface area contributed by atoms with E-state index in [1.165, 1.54) is 0 Å². The van der Waals surface area contributed by atoms with Crippen LogP contribution in [0.1, 0.15) is 11.5 Å². The first-order valence-corrected chi connectivity index (χ1v) is 6.60. The molecule has 0 saturated carbocycles. The van der Waals surface area contributed by atoms with Gasteiger partial charge in [-0.3, -0.25) is 0 Å². The van der Waals surface area contributed by atoms with Crippen molar-refractivity contribution in [1.29, 1.82) is 0 Å². The zero-order chi connectivity index (χ0) is 13.1. The minimum Gasteiger partial charge on any atom is -0.379 e. The molecule has 5 nitrogen and oxygen atoms in total. The molecule has 2 aromatic heterocycles. The van der Waals surface area contributed by atoms with Gasteiger partial charge >= 0.3 is 0 Å². The summed E-state index contributed by atoms with van der Waals surface area (Å²) in [6, 6.07) is 4.35. The summed E-state index contributed by atoms with van der Waals surface area (Å²) < 4.78 is 5.46. The number of morpholine rings is 1. The van der Waals surface area contributed by atoms with Gasteiger partial charge in [0.1, 0.15) is 5.82 Å². The van der Waals surface area contributed by atoms with Crippen molar-refractivity contribution in [3.63, 3.8) is 0 Å². The number of rotatable bonds is 3. The Bertz CT molecular complexity index is 532. The van der Waals surface area contributed by atoms with Gasteiger partial charge in [-0.25, -0.2) is 9.97 Å². The summed E-state index contributed by atoms with van der Waals surface area (Å²) in [5.74, 6) is 0.874. The van der Waals surface area contributed by atoms with E-state index >= 15 is 0 Å². The number of nitrogens with one attached hydrogen (secondary N) is 2. The van der Waals surface area contributed by atoms with Gasteiger partial charge in [-0.2, -0.15) is 0 Å². The van der Waals surface area contributed by atoms with Crippen molar-refractivity contribution >= 4 is 0 Å². The van der Waals surface area contributed by atoms with E-state index in [2.05, 4.69) is 20.3 Å². The molecule has 2 N–H and O–H groups in total. The second-order valence-corrected chi connectivity index (χ2v) is 4.84. The maximum atomic E-state index is 5.46. The summed E-state index contributed by atoms with van der Waals surface area (Å²) in [5.41, 5.74) is 3.07. The molecule has 1 saturated heterocycles. The molecule has 100 valence electrons. The van der Waals surface area contributed by atoms with Crippen molar-refractivity contribution in [3.05, 3.63) is 36.0 Å². The van der Waals surface area contributed by atoms with Gasteiger partial charge in [0.2, 0.25) is 0 Å². The zero-order valence-electron chi connectivity index (χ0n) is 11.0. The third-order valence-corrected chi connectivity index (χ3v) is 3.22. The molecule has 0 amide bonds. The molecule has 2 aromatic rings. The van der Waals surface area contributed by atoms with Gasteiger partial charge in [0, 0.05) is 42.7 Å². The Balaban J connectivity index is 1.81. The van der Waals surface area contributed by atoms with E-state index in [1.54, 1.807) is 0 Å². The van der Waals surface area contributed by atoms with E-state index in [1.807, 2.05) is 31.5 Å². The maximum absolute atomic E-state index is 5.46. The summed E-state index contributed by atoms with van der Waals surface area (Å²) in [6.45, 7) is 4.43. The van der Waals surface area contributed by atoms with Crippen LogP contribution in [0.15, 0.2) is 24.5 Å². The van der Waals surface area contributed by atoms with Crippen molar-refractivity contribution in [3.8, 4) is 11.3 Å². The third kappa shape index (κ3) is 3.00. The fourth-order valence-corrected chi connectivity index (χ4v) is 2.32. The molecule has 1 aliphatic heterocycles. The minimum absolute atomic E-state index is 0.314. The third-order valence-electron chi connectivity index (χ3n) is 3.22. The Morgan fingerprint density at radius 1 is 1.42 bits per heavy atom. The Morgan fingerprint density at radius 2 is 2.37 bits per heavy atom. The summed E-state index contributed by atoms with van der Waals surface area (Å²) in [5, 5.41) is 3.43. The van der Waals surface area contributed by atoms with Gasteiger partial charge in [-0.1, -0.05) is 0 Å². The summed E-state index contributed by atoms with van der Waals surface area (Å²) in [4.78, 5) is 12.2. The summed E-state index contributed by atoms with van der Waals surface area (Å²) in [7, 11) is 0. The fourth-order valence-electron chi connectivity index (χ4n) is 2.32. The van der Waals surface area contributed by atoms with E-state index in [-0.39, 0.29) is 0 Å². The Kier molecular flexibility index (Phi) is 3.57. The van der Waals surface area contributed by atoms with Crippen molar-refractivity contribution < 1.29 is 4.74 Å². The van der Waals surface area contributed by atoms with Gasteiger partial charge in [0.15, 0.2) is 0 Å². The molecule has 1 unspecified atom stereocenters. The quantitative estimate of drug-likeness (QED) is 0.871. The highest BCUT2D eigenvalue weighted by atomic mass is 16.5. The summed E-state index contributed by atoms with van der Waals surface area (Å²) >= 11 is 0. The molecule has 5 heteroatoms. The first-order chi connectivity index (χ1) is 9.31. The molecular weight excluding hydrogens is 240 g/mol. The largest absolute Gasteiger partial charge is 0.379 e. The van der Waals surface area contributed by atoms with Crippen molar-refractivity contribution in [2.45, 2.75) is 19.4 Å². The van der Waals surface area contributed by atoms with Crippen molar-refractivity contribution in [1.82, 2.24) is 20.3 Å². The average molecular weight is 258 g/mol. The lowest BCUT2D eigenvalue weighted by molar-refractivity contribution is 0.0764. The van der Waals surface area contributed by atoms with Crippen LogP contribution in [0.3, 0.4) is 0 Å². The predicted octanol–water partition coefficient (Wildman–Crippen LogP) is 1.31. The van der Waals surface area contributed by atoms with Crippen molar-refractivity contribution in [2.24, 2.45) is 0 Å². The number of ether oxygens (including phenoxy) is 1. The first-order valence-electron chi connectivity index (χ1n) is 6.60. The van der Waals surface area contributed by atoms with Crippen LogP contribution in [-0.4, -0.2) is 40.8 Å². The van der Waals surface area contributed by atoms with Crippen LogP contribution in [0.4, 0.5) is 0 Å². The van der Waals surface area contributed by atoms with Crippen LogP contribution >= 0.6 is 0 Å². The van der Waals surface area contributed by atoms with E-state index in [9.17, 15) is 0 Å².